The third-order valence-electron chi connectivity index (χ3n) is 4.84. The lowest BCUT2D eigenvalue weighted by atomic mass is 10.1. The van der Waals surface area contributed by atoms with Crippen LogP contribution in [-0.2, 0) is 11.3 Å². The molecule has 0 bridgehead atoms. The summed E-state index contributed by atoms with van der Waals surface area (Å²) < 4.78 is 7.11. The van der Waals surface area contributed by atoms with Gasteiger partial charge in [-0.1, -0.05) is 0 Å². The van der Waals surface area contributed by atoms with E-state index in [2.05, 4.69) is 4.98 Å². The van der Waals surface area contributed by atoms with E-state index in [9.17, 15) is 9.59 Å². The lowest BCUT2D eigenvalue weighted by Crippen LogP contribution is -2.35. The average Bonchev–Trinajstić information content (AvgIpc) is 3.13. The molecule has 1 amide bonds. The number of nitrogens with zero attached hydrogens (tertiary/aromatic N) is 3. The van der Waals surface area contributed by atoms with Crippen molar-refractivity contribution in [2.24, 2.45) is 5.92 Å². The van der Waals surface area contributed by atoms with Crippen LogP contribution in [0.2, 0.25) is 0 Å². The second-order valence-corrected chi connectivity index (χ2v) is 6.52. The second-order valence-electron chi connectivity index (χ2n) is 6.52. The number of carbonyl (C=O) groups is 1. The van der Waals surface area contributed by atoms with Crippen molar-refractivity contribution >= 4 is 16.9 Å². The minimum absolute atomic E-state index is 0.00463. The Hall–Kier alpha value is -2.21. The second kappa shape index (κ2) is 7.35. The summed E-state index contributed by atoms with van der Waals surface area (Å²) in [5, 5.41) is 0. The van der Waals surface area contributed by atoms with E-state index in [1.165, 1.54) is 0 Å². The summed E-state index contributed by atoms with van der Waals surface area (Å²) >= 11 is 0. The third kappa shape index (κ3) is 3.44. The highest BCUT2D eigenvalue weighted by Crippen LogP contribution is 2.18. The molecule has 2 aromatic rings. The molecule has 6 heteroatoms. The van der Waals surface area contributed by atoms with Crippen molar-refractivity contribution in [1.29, 1.82) is 0 Å². The van der Waals surface area contributed by atoms with Crippen molar-refractivity contribution in [2.45, 2.75) is 33.7 Å². The van der Waals surface area contributed by atoms with Gasteiger partial charge in [-0.25, -0.2) is 4.98 Å². The summed E-state index contributed by atoms with van der Waals surface area (Å²) in [6, 6.07) is 5.41. The van der Waals surface area contributed by atoms with Gasteiger partial charge >= 0.3 is 0 Å². The predicted octanol–water partition coefficient (Wildman–Crippen LogP) is 2.22. The van der Waals surface area contributed by atoms with E-state index in [0.717, 1.165) is 25.2 Å². The smallest absolute Gasteiger partial charge is 0.272 e. The molecule has 25 heavy (non-hydrogen) atoms. The molecule has 1 aliphatic rings. The number of aryl methyl sites for hydroxylation is 2. The summed E-state index contributed by atoms with van der Waals surface area (Å²) in [7, 11) is 0. The first kappa shape index (κ1) is 17.6. The van der Waals surface area contributed by atoms with Gasteiger partial charge in [0.15, 0.2) is 0 Å². The number of aromatic nitrogens is 2. The summed E-state index contributed by atoms with van der Waals surface area (Å²) in [6.07, 6.45) is 1.00. The van der Waals surface area contributed by atoms with Crippen molar-refractivity contribution in [1.82, 2.24) is 14.5 Å². The first-order chi connectivity index (χ1) is 12.0. The molecule has 0 aliphatic carbocycles. The molecule has 1 aliphatic heterocycles. The topological polar surface area (TPSA) is 64.4 Å². The number of rotatable bonds is 5. The zero-order chi connectivity index (χ0) is 18.0. The van der Waals surface area contributed by atoms with Crippen molar-refractivity contribution in [3.05, 3.63) is 39.8 Å². The van der Waals surface area contributed by atoms with Gasteiger partial charge in [0.25, 0.3) is 11.5 Å². The molecular weight excluding hydrogens is 318 g/mol. The Morgan fingerprint density at radius 1 is 1.40 bits per heavy atom. The van der Waals surface area contributed by atoms with E-state index in [1.54, 1.807) is 23.6 Å². The number of hydrogen-bond acceptors (Lipinski definition) is 4. The van der Waals surface area contributed by atoms with E-state index in [-0.39, 0.29) is 11.5 Å². The van der Waals surface area contributed by atoms with Gasteiger partial charge in [0.2, 0.25) is 0 Å². The molecule has 1 fully saturated rings. The maximum Gasteiger partial charge on any atom is 0.272 e. The van der Waals surface area contributed by atoms with Crippen LogP contribution in [0.4, 0.5) is 0 Å². The van der Waals surface area contributed by atoms with Gasteiger partial charge in [0.05, 0.1) is 17.6 Å². The van der Waals surface area contributed by atoms with Crippen LogP contribution in [0.15, 0.2) is 23.0 Å². The van der Waals surface area contributed by atoms with Gasteiger partial charge in [-0.15, -0.1) is 0 Å². The molecule has 1 unspecified atom stereocenters. The largest absolute Gasteiger partial charge is 0.381 e. The van der Waals surface area contributed by atoms with Crippen LogP contribution < -0.4 is 5.56 Å². The average molecular weight is 343 g/mol. The summed E-state index contributed by atoms with van der Waals surface area (Å²) in [5.74, 6) is 0.417. The van der Waals surface area contributed by atoms with E-state index >= 15 is 0 Å². The van der Waals surface area contributed by atoms with Crippen molar-refractivity contribution < 1.29 is 9.53 Å². The van der Waals surface area contributed by atoms with Gasteiger partial charge in [-0.05, 0) is 45.4 Å². The summed E-state index contributed by atoms with van der Waals surface area (Å²) in [6.45, 7) is 9.10. The van der Waals surface area contributed by atoms with Gasteiger partial charge in [-0.2, -0.15) is 0 Å². The maximum atomic E-state index is 12.9. The number of ether oxygens (including phenoxy) is 1. The third-order valence-corrected chi connectivity index (χ3v) is 4.84. The van der Waals surface area contributed by atoms with Crippen LogP contribution in [0, 0.1) is 12.8 Å². The fourth-order valence-corrected chi connectivity index (χ4v) is 3.40. The number of carbonyl (C=O) groups excluding carboxylic acids is 1. The van der Waals surface area contributed by atoms with Gasteiger partial charge < -0.3 is 14.2 Å². The maximum absolute atomic E-state index is 12.9. The highest BCUT2D eigenvalue weighted by molar-refractivity contribution is 5.97. The molecule has 0 saturated carbocycles. The van der Waals surface area contributed by atoms with Crippen LogP contribution in [0.3, 0.4) is 0 Å². The molecular formula is C19H25N3O3. The van der Waals surface area contributed by atoms with Crippen molar-refractivity contribution in [3.8, 4) is 0 Å². The number of hydrogen-bond donors (Lipinski definition) is 0. The Morgan fingerprint density at radius 2 is 2.20 bits per heavy atom. The molecule has 1 atom stereocenters. The number of fused-ring (bicyclic) bond motifs is 1. The van der Waals surface area contributed by atoms with Gasteiger partial charge in [-0.3, -0.25) is 9.59 Å². The molecule has 1 saturated heterocycles. The fourth-order valence-electron chi connectivity index (χ4n) is 3.40. The standard InChI is InChI=1S/C19H25N3O3/c1-4-21(11-14-8-9-25-12-14)19(24)15-6-7-17-16(10-15)20-13(3)18(23)22(17)5-2/h6-7,10,14H,4-5,8-9,11-12H2,1-3H3. The summed E-state index contributed by atoms with van der Waals surface area (Å²) in [5.41, 5.74) is 2.44. The van der Waals surface area contributed by atoms with Crippen molar-refractivity contribution in [2.75, 3.05) is 26.3 Å². The SMILES string of the molecule is CCN(CC1CCOC1)C(=O)c1ccc2c(c1)nc(C)c(=O)n2CC. The predicted molar refractivity (Wildman–Crippen MR) is 96.9 cm³/mol. The lowest BCUT2D eigenvalue weighted by Gasteiger charge is -2.24. The monoisotopic (exact) mass is 343 g/mol. The fraction of sp³-hybridized carbons (Fsp3) is 0.526. The molecule has 1 aromatic heterocycles. The van der Waals surface area contributed by atoms with Crippen molar-refractivity contribution in [3.63, 3.8) is 0 Å². The van der Waals surface area contributed by atoms with E-state index in [1.807, 2.05) is 24.8 Å². The zero-order valence-corrected chi connectivity index (χ0v) is 15.1. The van der Waals surface area contributed by atoms with Gasteiger partial charge in [0, 0.05) is 37.7 Å². The zero-order valence-electron chi connectivity index (χ0n) is 15.1. The minimum atomic E-state index is -0.0782. The van der Waals surface area contributed by atoms with E-state index in [4.69, 9.17) is 4.74 Å². The van der Waals surface area contributed by atoms with E-state index < -0.39 is 0 Å². The Morgan fingerprint density at radius 3 is 2.84 bits per heavy atom. The number of amides is 1. The molecule has 2 heterocycles. The lowest BCUT2D eigenvalue weighted by molar-refractivity contribution is 0.0731. The highest BCUT2D eigenvalue weighted by Gasteiger charge is 2.22. The number of benzene rings is 1. The molecule has 1 aromatic carbocycles. The Bertz CT molecular complexity index is 838. The van der Waals surface area contributed by atoms with Crippen LogP contribution in [0.5, 0.6) is 0 Å². The Balaban J connectivity index is 1.93. The molecule has 134 valence electrons. The first-order valence-electron chi connectivity index (χ1n) is 8.93. The normalized spacial score (nSPS) is 17.2. The molecule has 0 radical (unpaired) electrons. The van der Waals surface area contributed by atoms with Crippen LogP contribution >= 0.6 is 0 Å². The molecule has 0 N–H and O–H groups in total. The molecule has 6 nitrogen and oxygen atoms in total. The Labute approximate surface area is 147 Å². The minimum Gasteiger partial charge on any atom is -0.381 e. The molecule has 0 spiro atoms. The van der Waals surface area contributed by atoms with E-state index in [0.29, 0.717) is 42.3 Å². The highest BCUT2D eigenvalue weighted by atomic mass is 16.5. The summed E-state index contributed by atoms with van der Waals surface area (Å²) in [4.78, 5) is 31.4. The van der Waals surface area contributed by atoms with Crippen LogP contribution in [-0.4, -0.2) is 46.7 Å². The quantitative estimate of drug-likeness (QED) is 0.835. The van der Waals surface area contributed by atoms with Crippen LogP contribution in [0.25, 0.3) is 11.0 Å². The van der Waals surface area contributed by atoms with Crippen LogP contribution in [0.1, 0.15) is 36.3 Å². The Kier molecular flexibility index (Phi) is 5.18. The molecule has 3 rings (SSSR count). The first-order valence-corrected chi connectivity index (χ1v) is 8.93. The van der Waals surface area contributed by atoms with Gasteiger partial charge in [0.1, 0.15) is 5.69 Å².